The normalized spacial score (nSPS) is 25.4. The molecule has 1 fully saturated rings. The number of thioether (sulfide) groups is 1. The highest BCUT2D eigenvalue weighted by Gasteiger charge is 2.35. The molecule has 19 heavy (non-hydrogen) atoms. The Morgan fingerprint density at radius 3 is 2.79 bits per heavy atom. The molecule has 1 aliphatic rings. The van der Waals surface area contributed by atoms with Gasteiger partial charge in [0.15, 0.2) is 0 Å². The van der Waals surface area contributed by atoms with Crippen LogP contribution in [0.25, 0.3) is 0 Å². The fourth-order valence-corrected chi connectivity index (χ4v) is 5.59. The molecule has 2 N–H and O–H groups in total. The van der Waals surface area contributed by atoms with E-state index in [1.807, 2.05) is 13.8 Å². The fraction of sp³-hybridized carbons (Fsp3) is 0.500. The number of sulfonamides is 1. The van der Waals surface area contributed by atoms with Gasteiger partial charge in [0.1, 0.15) is 4.90 Å². The highest BCUT2D eigenvalue weighted by molar-refractivity contribution is 8.00. The van der Waals surface area contributed by atoms with Gasteiger partial charge in [0.2, 0.25) is 10.0 Å². The van der Waals surface area contributed by atoms with Gasteiger partial charge < -0.3 is 5.73 Å². The molecule has 106 valence electrons. The molecule has 1 heterocycles. The molecule has 0 aliphatic carbocycles. The first kappa shape index (κ1) is 15.0. The monoisotopic (exact) mass is 320 g/mol. The molecule has 1 aromatic rings. The van der Waals surface area contributed by atoms with Gasteiger partial charge in [-0.25, -0.2) is 8.42 Å². The van der Waals surface area contributed by atoms with Gasteiger partial charge in [0.05, 0.1) is 5.02 Å². The number of halogens is 1. The molecule has 1 aromatic carbocycles. The zero-order valence-corrected chi connectivity index (χ0v) is 13.2. The SMILES string of the molecule is CC1SCCN(S(=O)(=O)c2cc(N)ccc2Cl)C1C. The summed E-state index contributed by atoms with van der Waals surface area (Å²) in [7, 11) is -3.59. The van der Waals surface area contributed by atoms with Gasteiger partial charge in [-0.2, -0.15) is 16.1 Å². The maximum Gasteiger partial charge on any atom is 0.244 e. The van der Waals surface area contributed by atoms with Crippen LogP contribution in [-0.2, 0) is 10.0 Å². The Hall–Kier alpha value is -0.430. The number of nitrogen functional groups attached to an aromatic ring is 1. The summed E-state index contributed by atoms with van der Waals surface area (Å²) in [4.78, 5) is 0.0973. The zero-order valence-electron chi connectivity index (χ0n) is 10.8. The minimum absolute atomic E-state index is 0.0544. The highest BCUT2D eigenvalue weighted by atomic mass is 35.5. The lowest BCUT2D eigenvalue weighted by Gasteiger charge is -2.36. The maximum absolute atomic E-state index is 12.7. The third kappa shape index (κ3) is 2.86. The van der Waals surface area contributed by atoms with Crippen LogP contribution in [0, 0.1) is 0 Å². The first-order valence-corrected chi connectivity index (χ1v) is 8.89. The summed E-state index contributed by atoms with van der Waals surface area (Å²) in [5, 5.41) is 0.482. The second-order valence-electron chi connectivity index (χ2n) is 4.62. The van der Waals surface area contributed by atoms with E-state index >= 15 is 0 Å². The average Bonchev–Trinajstić information content (AvgIpc) is 2.35. The Kier molecular flexibility index (Phi) is 4.35. The topological polar surface area (TPSA) is 63.4 Å². The number of hydrogen-bond acceptors (Lipinski definition) is 4. The van der Waals surface area contributed by atoms with Gasteiger partial charge in [-0.05, 0) is 25.1 Å². The molecule has 2 rings (SSSR count). The highest BCUT2D eigenvalue weighted by Crippen LogP contribution is 2.32. The van der Waals surface area contributed by atoms with Crippen molar-refractivity contribution in [3.8, 4) is 0 Å². The number of nitrogens with zero attached hydrogens (tertiary/aromatic N) is 1. The molecule has 2 unspecified atom stereocenters. The van der Waals surface area contributed by atoms with Crippen molar-refractivity contribution in [3.63, 3.8) is 0 Å². The van der Waals surface area contributed by atoms with Crippen LogP contribution in [-0.4, -0.2) is 36.3 Å². The average molecular weight is 321 g/mol. The lowest BCUT2D eigenvalue weighted by Crippen LogP contribution is -2.47. The molecule has 1 saturated heterocycles. The summed E-state index contributed by atoms with van der Waals surface area (Å²) in [6.07, 6.45) is 0. The minimum Gasteiger partial charge on any atom is -0.399 e. The molecule has 2 atom stereocenters. The smallest absolute Gasteiger partial charge is 0.244 e. The lowest BCUT2D eigenvalue weighted by atomic mass is 10.2. The second-order valence-corrected chi connectivity index (χ2v) is 8.37. The predicted molar refractivity (Wildman–Crippen MR) is 81.1 cm³/mol. The number of nitrogens with two attached hydrogens (primary N) is 1. The predicted octanol–water partition coefficient (Wildman–Crippen LogP) is 2.44. The molecule has 0 spiro atoms. The lowest BCUT2D eigenvalue weighted by molar-refractivity contribution is 0.340. The van der Waals surface area contributed by atoms with Crippen molar-refractivity contribution in [2.75, 3.05) is 18.0 Å². The number of benzene rings is 1. The van der Waals surface area contributed by atoms with E-state index in [0.717, 1.165) is 5.75 Å². The van der Waals surface area contributed by atoms with E-state index in [9.17, 15) is 8.42 Å². The molecule has 7 heteroatoms. The Morgan fingerprint density at radius 1 is 1.42 bits per heavy atom. The largest absolute Gasteiger partial charge is 0.399 e. The fourth-order valence-electron chi connectivity index (χ4n) is 2.09. The van der Waals surface area contributed by atoms with Crippen molar-refractivity contribution in [2.45, 2.75) is 30.0 Å². The summed E-state index contributed by atoms with van der Waals surface area (Å²) >= 11 is 7.80. The first-order valence-electron chi connectivity index (χ1n) is 6.02. The van der Waals surface area contributed by atoms with E-state index in [4.69, 9.17) is 17.3 Å². The molecular formula is C12H17ClN2O2S2. The van der Waals surface area contributed by atoms with E-state index < -0.39 is 10.0 Å². The third-order valence-electron chi connectivity index (χ3n) is 3.37. The first-order chi connectivity index (χ1) is 8.84. The molecule has 0 amide bonds. The number of anilines is 1. The quantitative estimate of drug-likeness (QED) is 0.850. The van der Waals surface area contributed by atoms with Gasteiger partial charge in [0.25, 0.3) is 0 Å². The van der Waals surface area contributed by atoms with E-state index in [1.165, 1.54) is 16.4 Å². The molecule has 0 radical (unpaired) electrons. The van der Waals surface area contributed by atoms with Crippen molar-refractivity contribution < 1.29 is 8.42 Å². The van der Waals surface area contributed by atoms with E-state index in [0.29, 0.717) is 12.2 Å². The summed E-state index contributed by atoms with van der Waals surface area (Å²) < 4.78 is 26.9. The standard InChI is InChI=1S/C12H17ClN2O2S2/c1-8-9(2)18-6-5-15(8)19(16,17)12-7-10(14)3-4-11(12)13/h3-4,7-9H,5-6,14H2,1-2H3. The van der Waals surface area contributed by atoms with Crippen molar-refractivity contribution in [1.29, 1.82) is 0 Å². The third-order valence-corrected chi connectivity index (χ3v) is 7.17. The molecule has 0 saturated carbocycles. The van der Waals surface area contributed by atoms with Crippen molar-refractivity contribution in [3.05, 3.63) is 23.2 Å². The van der Waals surface area contributed by atoms with Gasteiger partial charge in [-0.1, -0.05) is 18.5 Å². The Balaban J connectivity index is 2.44. The van der Waals surface area contributed by atoms with Crippen LogP contribution in [0.2, 0.25) is 5.02 Å². The van der Waals surface area contributed by atoms with Crippen LogP contribution in [0.4, 0.5) is 5.69 Å². The Labute approximate surface area is 123 Å². The molecule has 1 aliphatic heterocycles. The van der Waals surface area contributed by atoms with E-state index in [1.54, 1.807) is 17.8 Å². The van der Waals surface area contributed by atoms with Crippen molar-refractivity contribution >= 4 is 39.1 Å². The summed E-state index contributed by atoms with van der Waals surface area (Å²) in [5.41, 5.74) is 6.07. The van der Waals surface area contributed by atoms with E-state index in [-0.39, 0.29) is 21.2 Å². The van der Waals surface area contributed by atoms with E-state index in [2.05, 4.69) is 0 Å². The molecule has 0 bridgehead atoms. The Morgan fingerprint density at radius 2 is 2.11 bits per heavy atom. The summed E-state index contributed by atoms with van der Waals surface area (Å²) in [6, 6.07) is 4.49. The van der Waals surface area contributed by atoms with Crippen LogP contribution < -0.4 is 5.73 Å². The maximum atomic E-state index is 12.7. The van der Waals surface area contributed by atoms with Crippen LogP contribution in [0.1, 0.15) is 13.8 Å². The minimum atomic E-state index is -3.59. The molecular weight excluding hydrogens is 304 g/mol. The van der Waals surface area contributed by atoms with Gasteiger partial charge in [-0.15, -0.1) is 0 Å². The van der Waals surface area contributed by atoms with Crippen LogP contribution in [0.5, 0.6) is 0 Å². The van der Waals surface area contributed by atoms with Crippen molar-refractivity contribution in [2.24, 2.45) is 0 Å². The van der Waals surface area contributed by atoms with Crippen LogP contribution >= 0.6 is 23.4 Å². The summed E-state index contributed by atoms with van der Waals surface area (Å²) in [6.45, 7) is 4.47. The second kappa shape index (κ2) is 5.52. The van der Waals surface area contributed by atoms with Gasteiger partial charge >= 0.3 is 0 Å². The number of rotatable bonds is 2. The summed E-state index contributed by atoms with van der Waals surface area (Å²) in [5.74, 6) is 0.796. The van der Waals surface area contributed by atoms with Gasteiger partial charge in [0, 0.05) is 29.3 Å². The Bertz CT molecular complexity index is 577. The molecule has 0 aromatic heterocycles. The van der Waals surface area contributed by atoms with Crippen molar-refractivity contribution in [1.82, 2.24) is 4.31 Å². The van der Waals surface area contributed by atoms with Crippen LogP contribution in [0.15, 0.2) is 23.1 Å². The van der Waals surface area contributed by atoms with Gasteiger partial charge in [-0.3, -0.25) is 0 Å². The molecule has 4 nitrogen and oxygen atoms in total. The zero-order chi connectivity index (χ0) is 14.2. The van der Waals surface area contributed by atoms with Crippen LogP contribution in [0.3, 0.4) is 0 Å². The number of hydrogen-bond donors (Lipinski definition) is 1.